The summed E-state index contributed by atoms with van der Waals surface area (Å²) in [6, 6.07) is 32.0. The second kappa shape index (κ2) is 16.7. The molecule has 260 valence electrons. The molecule has 9 nitrogen and oxygen atoms in total. The molecule has 2 unspecified atom stereocenters. The lowest BCUT2D eigenvalue weighted by molar-refractivity contribution is 0.0364. The highest BCUT2D eigenvalue weighted by atomic mass is 32.2. The van der Waals surface area contributed by atoms with Crippen LogP contribution in [-0.2, 0) is 33.6 Å². The van der Waals surface area contributed by atoms with Gasteiger partial charge in [-0.3, -0.25) is 9.80 Å². The minimum absolute atomic E-state index is 0.00383. The van der Waals surface area contributed by atoms with Gasteiger partial charge in [0.2, 0.25) is 10.0 Å². The molecule has 0 spiro atoms. The highest BCUT2D eigenvalue weighted by molar-refractivity contribution is 7.88. The lowest BCUT2D eigenvalue weighted by Gasteiger charge is -2.29. The van der Waals surface area contributed by atoms with Crippen LogP contribution in [0.4, 0.5) is 4.79 Å². The first-order valence-electron chi connectivity index (χ1n) is 17.5. The van der Waals surface area contributed by atoms with Gasteiger partial charge in [-0.05, 0) is 52.8 Å². The Balaban J connectivity index is 1.05. The number of morpholine rings is 1. The lowest BCUT2D eigenvalue weighted by Crippen LogP contribution is -2.43. The molecular weight excluding hydrogens is 635 g/mol. The zero-order chi connectivity index (χ0) is 34.1. The second-order valence-electron chi connectivity index (χ2n) is 13.4. The van der Waals surface area contributed by atoms with E-state index in [2.05, 4.69) is 81.4 Å². The summed E-state index contributed by atoms with van der Waals surface area (Å²) in [5.74, 6) is -0.00383. The summed E-state index contributed by atoms with van der Waals surface area (Å²) < 4.78 is 33.9. The summed E-state index contributed by atoms with van der Waals surface area (Å²) >= 11 is 0. The van der Waals surface area contributed by atoms with Crippen LogP contribution in [0.3, 0.4) is 0 Å². The maximum absolute atomic E-state index is 13.8. The number of nitrogens with one attached hydrogen (secondary N) is 2. The van der Waals surface area contributed by atoms with Crippen LogP contribution in [0.1, 0.15) is 48.1 Å². The van der Waals surface area contributed by atoms with Crippen molar-refractivity contribution in [2.75, 3.05) is 52.5 Å². The Kier molecular flexibility index (Phi) is 12.0. The Morgan fingerprint density at radius 2 is 1.57 bits per heavy atom. The Bertz CT molecular complexity index is 1760. The van der Waals surface area contributed by atoms with Crippen molar-refractivity contribution in [2.24, 2.45) is 0 Å². The van der Waals surface area contributed by atoms with Crippen molar-refractivity contribution in [3.63, 3.8) is 0 Å². The van der Waals surface area contributed by atoms with Crippen molar-refractivity contribution in [1.29, 1.82) is 0 Å². The van der Waals surface area contributed by atoms with Crippen LogP contribution in [0.5, 0.6) is 0 Å². The molecule has 2 aliphatic heterocycles. The number of fused-ring (bicyclic) bond motifs is 1. The van der Waals surface area contributed by atoms with Crippen LogP contribution in [-0.4, -0.2) is 87.7 Å². The minimum Gasteiger partial charge on any atom is -0.379 e. The van der Waals surface area contributed by atoms with Gasteiger partial charge in [-0.2, -0.15) is 0 Å². The van der Waals surface area contributed by atoms with E-state index in [0.717, 1.165) is 86.2 Å². The van der Waals surface area contributed by atoms with E-state index in [4.69, 9.17) is 4.74 Å². The molecule has 2 heterocycles. The lowest BCUT2D eigenvalue weighted by atomic mass is 10.00. The van der Waals surface area contributed by atoms with Crippen LogP contribution in [0.2, 0.25) is 0 Å². The summed E-state index contributed by atoms with van der Waals surface area (Å²) in [5.41, 5.74) is 4.15. The molecule has 2 fully saturated rings. The second-order valence-corrected chi connectivity index (χ2v) is 15.1. The highest BCUT2D eigenvalue weighted by Crippen LogP contribution is 2.24. The number of hydrogen-bond donors (Lipinski definition) is 2. The third kappa shape index (κ3) is 10.1. The largest absolute Gasteiger partial charge is 0.379 e. The molecule has 49 heavy (non-hydrogen) atoms. The molecule has 0 aliphatic carbocycles. The predicted octanol–water partition coefficient (Wildman–Crippen LogP) is 5.53. The van der Waals surface area contributed by atoms with Gasteiger partial charge >= 0.3 is 6.03 Å². The maximum atomic E-state index is 13.8. The molecule has 2 saturated heterocycles. The third-order valence-corrected chi connectivity index (χ3v) is 10.9. The van der Waals surface area contributed by atoms with Gasteiger partial charge < -0.3 is 15.0 Å². The van der Waals surface area contributed by atoms with Crippen LogP contribution in [0.15, 0.2) is 97.1 Å². The van der Waals surface area contributed by atoms with Crippen molar-refractivity contribution in [3.05, 3.63) is 119 Å². The van der Waals surface area contributed by atoms with E-state index in [0.29, 0.717) is 19.6 Å². The van der Waals surface area contributed by atoms with Crippen molar-refractivity contribution < 1.29 is 17.9 Å². The Labute approximate surface area is 291 Å². The smallest absolute Gasteiger partial charge is 0.318 e. The molecule has 4 aromatic rings. The van der Waals surface area contributed by atoms with Crippen LogP contribution < -0.4 is 10.0 Å². The van der Waals surface area contributed by atoms with Gasteiger partial charge in [-0.1, -0.05) is 97.1 Å². The monoisotopic (exact) mass is 683 g/mol. The number of rotatable bonds is 14. The summed E-state index contributed by atoms with van der Waals surface area (Å²) in [4.78, 5) is 20.4. The minimum atomic E-state index is -3.41. The summed E-state index contributed by atoms with van der Waals surface area (Å²) in [6.07, 6.45) is 1.68. The quantitative estimate of drug-likeness (QED) is 0.182. The Hall–Kier alpha value is -3.80. The summed E-state index contributed by atoms with van der Waals surface area (Å²) in [5, 5.41) is 5.61. The van der Waals surface area contributed by atoms with Crippen molar-refractivity contribution >= 4 is 26.8 Å². The number of amides is 2. The van der Waals surface area contributed by atoms with Gasteiger partial charge in [-0.25, -0.2) is 17.9 Å². The van der Waals surface area contributed by atoms with Crippen LogP contribution in [0, 0.1) is 0 Å². The first-order chi connectivity index (χ1) is 23.8. The van der Waals surface area contributed by atoms with E-state index in [-0.39, 0.29) is 23.9 Å². The number of urea groups is 1. The van der Waals surface area contributed by atoms with Gasteiger partial charge in [0.25, 0.3) is 0 Å². The number of ether oxygens (including phenoxy) is 1. The molecule has 0 bridgehead atoms. The fraction of sp³-hybridized carbons (Fsp3) is 0.410. The molecule has 4 aromatic carbocycles. The fourth-order valence-electron chi connectivity index (χ4n) is 6.94. The predicted molar refractivity (Wildman–Crippen MR) is 196 cm³/mol. The van der Waals surface area contributed by atoms with Gasteiger partial charge in [0.15, 0.2) is 0 Å². The Morgan fingerprint density at radius 3 is 2.37 bits per heavy atom. The standard InChI is InChI=1S/C39H49N5O4S/c1-31(37-14-7-12-35-11-5-6-13-38(35)37)40-39(45)44(21-8-20-42-23-25-48-26-24-42)28-33-17-15-32(16-18-33)27-43-22-19-36(29-43)41-49(46,47)30-34-9-3-2-4-10-34/h2-7,9-18,31,36,41H,8,19-30H2,1H3,(H,40,45). The van der Waals surface area contributed by atoms with Crippen molar-refractivity contribution in [3.8, 4) is 0 Å². The molecule has 2 atom stereocenters. The van der Waals surface area contributed by atoms with E-state index in [1.165, 1.54) is 5.56 Å². The molecule has 0 radical (unpaired) electrons. The molecule has 2 N–H and O–H groups in total. The SMILES string of the molecule is CC(NC(=O)N(CCCN1CCOCC1)Cc1ccc(CN2CCC(NS(=O)(=O)Cc3ccccc3)C2)cc1)c1cccc2ccccc12. The summed E-state index contributed by atoms with van der Waals surface area (Å²) in [7, 11) is -3.41. The van der Waals surface area contributed by atoms with Crippen LogP contribution in [0.25, 0.3) is 10.8 Å². The van der Waals surface area contributed by atoms with Gasteiger partial charge in [0.05, 0.1) is 25.0 Å². The topological polar surface area (TPSA) is 94.2 Å². The molecule has 2 amide bonds. The number of carbonyl (C=O) groups excluding carboxylic acids is 1. The molecule has 0 saturated carbocycles. The first kappa shape index (κ1) is 35.0. The Morgan fingerprint density at radius 1 is 0.857 bits per heavy atom. The molecular formula is C39H49N5O4S. The average Bonchev–Trinajstić information content (AvgIpc) is 3.54. The van der Waals surface area contributed by atoms with Crippen LogP contribution >= 0.6 is 0 Å². The average molecular weight is 684 g/mol. The van der Waals surface area contributed by atoms with Crippen molar-refractivity contribution in [1.82, 2.24) is 24.7 Å². The highest BCUT2D eigenvalue weighted by Gasteiger charge is 2.27. The molecule has 10 heteroatoms. The van der Waals surface area contributed by atoms with E-state index < -0.39 is 10.0 Å². The molecule has 6 rings (SSSR count). The molecule has 0 aromatic heterocycles. The van der Waals surface area contributed by atoms with E-state index in [1.54, 1.807) is 0 Å². The van der Waals surface area contributed by atoms with Gasteiger partial charge in [-0.15, -0.1) is 0 Å². The van der Waals surface area contributed by atoms with Gasteiger partial charge in [0, 0.05) is 58.4 Å². The first-order valence-corrected chi connectivity index (χ1v) is 19.1. The normalized spacial score (nSPS) is 18.0. The fourth-order valence-corrected chi connectivity index (χ4v) is 8.35. The number of sulfonamides is 1. The third-order valence-electron chi connectivity index (χ3n) is 9.54. The number of benzene rings is 4. The number of carbonyl (C=O) groups is 1. The number of hydrogen-bond acceptors (Lipinski definition) is 6. The van der Waals surface area contributed by atoms with E-state index in [9.17, 15) is 13.2 Å². The van der Waals surface area contributed by atoms with Gasteiger partial charge in [0.1, 0.15) is 0 Å². The number of likely N-dealkylation sites (tertiary alicyclic amines) is 1. The van der Waals surface area contributed by atoms with E-state index in [1.807, 2.05) is 47.4 Å². The maximum Gasteiger partial charge on any atom is 0.318 e. The zero-order valence-corrected chi connectivity index (χ0v) is 29.3. The number of nitrogens with zero attached hydrogens (tertiary/aromatic N) is 3. The summed E-state index contributed by atoms with van der Waals surface area (Å²) in [6.45, 7) is 9.84. The molecule has 2 aliphatic rings. The van der Waals surface area contributed by atoms with E-state index >= 15 is 0 Å². The van der Waals surface area contributed by atoms with Crippen molar-refractivity contribution in [2.45, 2.75) is 50.7 Å². The zero-order valence-electron chi connectivity index (χ0n) is 28.5.